The number of carbonyl (C=O) groups is 1. The predicted molar refractivity (Wildman–Crippen MR) is 61.3 cm³/mol. The Kier molecular flexibility index (Phi) is 3.03. The summed E-state index contributed by atoms with van der Waals surface area (Å²) in [4.78, 5) is 22.0. The lowest BCUT2D eigenvalue weighted by Crippen LogP contribution is -2.41. The molecule has 1 heterocycles. The highest BCUT2D eigenvalue weighted by molar-refractivity contribution is 5.92. The van der Waals surface area contributed by atoms with Gasteiger partial charge in [0.15, 0.2) is 0 Å². The molecule has 5 nitrogen and oxygen atoms in total. The molecule has 0 aromatic carbocycles. The molecule has 1 amide bonds. The number of aromatic nitrogens is 2. The average molecular weight is 220 g/mol. The van der Waals surface area contributed by atoms with Gasteiger partial charge in [-0.25, -0.2) is 4.98 Å². The van der Waals surface area contributed by atoms with Crippen molar-refractivity contribution in [2.24, 2.45) is 0 Å². The van der Waals surface area contributed by atoms with Gasteiger partial charge in [0, 0.05) is 20.1 Å². The van der Waals surface area contributed by atoms with Gasteiger partial charge in [-0.05, 0) is 19.3 Å². The Morgan fingerprint density at radius 2 is 2.25 bits per heavy atom. The van der Waals surface area contributed by atoms with Crippen LogP contribution >= 0.6 is 0 Å². The lowest BCUT2D eigenvalue weighted by molar-refractivity contribution is 0.0645. The lowest BCUT2D eigenvalue weighted by Gasteiger charge is -2.34. The number of nitrogens with zero attached hydrogens (tertiary/aromatic N) is 3. The van der Waals surface area contributed by atoms with E-state index in [1.54, 1.807) is 18.1 Å². The summed E-state index contributed by atoms with van der Waals surface area (Å²) in [6, 6.07) is 0.382. The average Bonchev–Trinajstić information content (AvgIpc) is 2.25. The molecule has 0 spiro atoms. The summed E-state index contributed by atoms with van der Waals surface area (Å²) in [5, 5.41) is 2.87. The van der Waals surface area contributed by atoms with Crippen molar-refractivity contribution in [2.45, 2.75) is 25.3 Å². The van der Waals surface area contributed by atoms with Crippen molar-refractivity contribution in [3.63, 3.8) is 0 Å². The van der Waals surface area contributed by atoms with Crippen LogP contribution in [0.3, 0.4) is 0 Å². The second-order valence-electron chi connectivity index (χ2n) is 4.04. The van der Waals surface area contributed by atoms with Gasteiger partial charge in [0.05, 0.1) is 12.4 Å². The minimum Gasteiger partial charge on any atom is -0.372 e. The normalized spacial score (nSPS) is 15.4. The van der Waals surface area contributed by atoms with Crippen LogP contribution in [0, 0.1) is 0 Å². The first-order valence-electron chi connectivity index (χ1n) is 5.49. The van der Waals surface area contributed by atoms with Crippen molar-refractivity contribution in [1.29, 1.82) is 0 Å². The topological polar surface area (TPSA) is 58.1 Å². The Morgan fingerprint density at radius 1 is 1.50 bits per heavy atom. The monoisotopic (exact) mass is 220 g/mol. The van der Waals surface area contributed by atoms with Gasteiger partial charge in [-0.3, -0.25) is 9.78 Å². The standard InChI is InChI=1S/C11H16N4O/c1-12-10-7-13-6-9(14-10)11(16)15(2)8-4-3-5-8/h6-8H,3-5H2,1-2H3,(H,12,14). The summed E-state index contributed by atoms with van der Waals surface area (Å²) in [5.74, 6) is 0.571. The van der Waals surface area contributed by atoms with Gasteiger partial charge in [0.1, 0.15) is 11.5 Å². The van der Waals surface area contributed by atoms with Crippen LogP contribution in [0.4, 0.5) is 5.82 Å². The number of hydrogen-bond acceptors (Lipinski definition) is 4. The predicted octanol–water partition coefficient (Wildman–Crippen LogP) is 1.14. The quantitative estimate of drug-likeness (QED) is 0.830. The van der Waals surface area contributed by atoms with E-state index in [-0.39, 0.29) is 5.91 Å². The van der Waals surface area contributed by atoms with Crippen LogP contribution in [-0.4, -0.2) is 40.9 Å². The molecule has 1 fully saturated rings. The van der Waals surface area contributed by atoms with Crippen LogP contribution in [-0.2, 0) is 0 Å². The summed E-state index contributed by atoms with van der Waals surface area (Å²) in [6.07, 6.45) is 6.52. The van der Waals surface area contributed by atoms with E-state index in [0.29, 0.717) is 17.6 Å². The van der Waals surface area contributed by atoms with Gasteiger partial charge in [-0.2, -0.15) is 0 Å². The van der Waals surface area contributed by atoms with Crippen LogP contribution in [0.25, 0.3) is 0 Å². The number of nitrogens with one attached hydrogen (secondary N) is 1. The zero-order valence-electron chi connectivity index (χ0n) is 9.60. The molecule has 1 N–H and O–H groups in total. The highest BCUT2D eigenvalue weighted by Crippen LogP contribution is 2.24. The molecule has 1 aromatic rings. The maximum atomic E-state index is 12.0. The minimum atomic E-state index is -0.0469. The van der Waals surface area contributed by atoms with Gasteiger partial charge in [-0.1, -0.05) is 0 Å². The van der Waals surface area contributed by atoms with Crippen molar-refractivity contribution in [2.75, 3.05) is 19.4 Å². The Bertz CT molecular complexity index is 389. The maximum absolute atomic E-state index is 12.0. The maximum Gasteiger partial charge on any atom is 0.274 e. The molecule has 86 valence electrons. The zero-order chi connectivity index (χ0) is 11.5. The fourth-order valence-electron chi connectivity index (χ4n) is 1.71. The van der Waals surface area contributed by atoms with Gasteiger partial charge in [0.25, 0.3) is 5.91 Å². The van der Waals surface area contributed by atoms with Gasteiger partial charge in [0.2, 0.25) is 0 Å². The molecule has 1 aliphatic rings. The molecule has 1 saturated carbocycles. The van der Waals surface area contributed by atoms with Crippen LogP contribution in [0.15, 0.2) is 12.4 Å². The fraction of sp³-hybridized carbons (Fsp3) is 0.545. The molecule has 1 aromatic heterocycles. The van der Waals surface area contributed by atoms with E-state index in [2.05, 4.69) is 15.3 Å². The first-order valence-corrected chi connectivity index (χ1v) is 5.49. The Hall–Kier alpha value is -1.65. The number of hydrogen-bond donors (Lipinski definition) is 1. The molecular formula is C11H16N4O. The van der Waals surface area contributed by atoms with Gasteiger partial charge < -0.3 is 10.2 Å². The third-order valence-corrected chi connectivity index (χ3v) is 3.05. The van der Waals surface area contributed by atoms with Gasteiger partial charge >= 0.3 is 0 Å². The molecule has 5 heteroatoms. The smallest absolute Gasteiger partial charge is 0.274 e. The van der Waals surface area contributed by atoms with E-state index in [1.165, 1.54) is 12.6 Å². The number of carbonyl (C=O) groups excluding carboxylic acids is 1. The summed E-state index contributed by atoms with van der Waals surface area (Å²) in [5.41, 5.74) is 0.404. The second-order valence-corrected chi connectivity index (χ2v) is 4.04. The number of amides is 1. The first kappa shape index (κ1) is 10.9. The molecule has 16 heavy (non-hydrogen) atoms. The van der Waals surface area contributed by atoms with Crippen LogP contribution in [0.5, 0.6) is 0 Å². The third kappa shape index (κ3) is 1.98. The first-order chi connectivity index (χ1) is 7.72. The summed E-state index contributed by atoms with van der Waals surface area (Å²) >= 11 is 0. The zero-order valence-corrected chi connectivity index (χ0v) is 9.60. The van der Waals surface area contributed by atoms with Crippen molar-refractivity contribution >= 4 is 11.7 Å². The molecule has 0 saturated heterocycles. The lowest BCUT2D eigenvalue weighted by atomic mass is 9.92. The number of rotatable bonds is 3. The van der Waals surface area contributed by atoms with Crippen LogP contribution in [0.2, 0.25) is 0 Å². The number of anilines is 1. The Morgan fingerprint density at radius 3 is 2.81 bits per heavy atom. The van der Waals surface area contributed by atoms with Gasteiger partial charge in [-0.15, -0.1) is 0 Å². The highest BCUT2D eigenvalue weighted by atomic mass is 16.2. The van der Waals surface area contributed by atoms with E-state index < -0.39 is 0 Å². The summed E-state index contributed by atoms with van der Waals surface area (Å²) in [6.45, 7) is 0. The van der Waals surface area contributed by atoms with Crippen molar-refractivity contribution in [3.05, 3.63) is 18.1 Å². The van der Waals surface area contributed by atoms with Crippen LogP contribution in [0.1, 0.15) is 29.8 Å². The second kappa shape index (κ2) is 4.47. The van der Waals surface area contributed by atoms with E-state index in [4.69, 9.17) is 0 Å². The Balaban J connectivity index is 2.12. The van der Waals surface area contributed by atoms with Crippen molar-refractivity contribution in [1.82, 2.24) is 14.9 Å². The summed E-state index contributed by atoms with van der Waals surface area (Å²) < 4.78 is 0. The van der Waals surface area contributed by atoms with E-state index >= 15 is 0 Å². The molecule has 0 atom stereocenters. The van der Waals surface area contributed by atoms with Crippen LogP contribution < -0.4 is 5.32 Å². The molecule has 1 aliphatic carbocycles. The third-order valence-electron chi connectivity index (χ3n) is 3.05. The molecule has 0 unspecified atom stereocenters. The van der Waals surface area contributed by atoms with E-state index in [9.17, 15) is 4.79 Å². The molecule has 2 rings (SSSR count). The molecule has 0 aliphatic heterocycles. The molecule has 0 radical (unpaired) electrons. The summed E-state index contributed by atoms with van der Waals surface area (Å²) in [7, 11) is 3.59. The van der Waals surface area contributed by atoms with E-state index in [1.807, 2.05) is 7.05 Å². The van der Waals surface area contributed by atoms with Crippen molar-refractivity contribution in [3.8, 4) is 0 Å². The largest absolute Gasteiger partial charge is 0.372 e. The SMILES string of the molecule is CNc1cncc(C(=O)N(C)C2CCC2)n1. The fourth-order valence-corrected chi connectivity index (χ4v) is 1.71. The van der Waals surface area contributed by atoms with E-state index in [0.717, 1.165) is 12.8 Å². The minimum absolute atomic E-state index is 0.0469. The van der Waals surface area contributed by atoms with Crippen molar-refractivity contribution < 1.29 is 4.79 Å². The molecular weight excluding hydrogens is 204 g/mol. The highest BCUT2D eigenvalue weighted by Gasteiger charge is 2.27. The Labute approximate surface area is 94.9 Å². The molecule has 0 bridgehead atoms.